The Labute approximate surface area is 143 Å². The molecule has 1 aliphatic rings. The Morgan fingerprint density at radius 3 is 3.00 bits per heavy atom. The van der Waals surface area contributed by atoms with Crippen LogP contribution in [0.25, 0.3) is 11.7 Å². The van der Waals surface area contributed by atoms with Crippen molar-refractivity contribution in [1.29, 1.82) is 0 Å². The van der Waals surface area contributed by atoms with Crippen LogP contribution in [0.2, 0.25) is 5.02 Å². The van der Waals surface area contributed by atoms with Gasteiger partial charge in [-0.15, -0.1) is 0 Å². The maximum atomic E-state index is 12.3. The van der Waals surface area contributed by atoms with Gasteiger partial charge in [-0.2, -0.15) is 4.98 Å². The summed E-state index contributed by atoms with van der Waals surface area (Å²) in [6.07, 6.45) is 1.92. The lowest BCUT2D eigenvalue weighted by molar-refractivity contribution is -0.128. The number of likely N-dealkylation sites (tertiary alicyclic amines) is 1. The van der Waals surface area contributed by atoms with Crippen molar-refractivity contribution in [3.8, 4) is 11.7 Å². The van der Waals surface area contributed by atoms with Gasteiger partial charge < -0.3 is 13.8 Å². The van der Waals surface area contributed by atoms with Crippen LogP contribution in [0.4, 0.5) is 0 Å². The van der Waals surface area contributed by atoms with Crippen molar-refractivity contribution in [2.24, 2.45) is 0 Å². The standard InChI is InChI=1S/C17H14ClN3O3/c18-13-4-1-3-11(7-13)9-21-10-12(8-15(21)22)16-19-17(24-20-16)14-5-2-6-23-14/h1-7,12H,8-10H2. The average molecular weight is 344 g/mol. The van der Waals surface area contributed by atoms with Gasteiger partial charge in [-0.25, -0.2) is 0 Å². The molecular formula is C17H14ClN3O3. The number of carbonyl (C=O) groups is 1. The van der Waals surface area contributed by atoms with E-state index in [1.807, 2.05) is 24.3 Å². The number of halogens is 1. The third-order valence-corrected chi connectivity index (χ3v) is 4.25. The van der Waals surface area contributed by atoms with Crippen molar-refractivity contribution >= 4 is 17.5 Å². The summed E-state index contributed by atoms with van der Waals surface area (Å²) in [7, 11) is 0. The lowest BCUT2D eigenvalue weighted by Crippen LogP contribution is -2.24. The van der Waals surface area contributed by atoms with Crippen LogP contribution in [0.1, 0.15) is 23.7 Å². The summed E-state index contributed by atoms with van der Waals surface area (Å²) in [5, 5.41) is 4.66. The van der Waals surface area contributed by atoms with Crippen molar-refractivity contribution in [3.63, 3.8) is 0 Å². The van der Waals surface area contributed by atoms with Gasteiger partial charge in [0.1, 0.15) is 0 Å². The van der Waals surface area contributed by atoms with Crippen LogP contribution >= 0.6 is 11.6 Å². The number of nitrogens with zero attached hydrogens (tertiary/aromatic N) is 3. The summed E-state index contributed by atoms with van der Waals surface area (Å²) in [6.45, 7) is 1.08. The number of furan rings is 1. The first-order valence-corrected chi connectivity index (χ1v) is 7.96. The molecule has 24 heavy (non-hydrogen) atoms. The Kier molecular flexibility index (Phi) is 3.82. The summed E-state index contributed by atoms with van der Waals surface area (Å²) in [4.78, 5) is 18.4. The summed E-state index contributed by atoms with van der Waals surface area (Å²) in [5.41, 5.74) is 1.00. The largest absolute Gasteiger partial charge is 0.459 e. The van der Waals surface area contributed by atoms with E-state index in [0.717, 1.165) is 5.56 Å². The van der Waals surface area contributed by atoms with Gasteiger partial charge in [0, 0.05) is 30.5 Å². The second-order valence-corrected chi connectivity index (χ2v) is 6.18. The molecule has 1 unspecified atom stereocenters. The lowest BCUT2D eigenvalue weighted by atomic mass is 10.1. The molecule has 1 aromatic carbocycles. The highest BCUT2D eigenvalue weighted by Crippen LogP contribution is 2.29. The first-order chi connectivity index (χ1) is 11.7. The lowest BCUT2D eigenvalue weighted by Gasteiger charge is -2.16. The van der Waals surface area contributed by atoms with Crippen molar-refractivity contribution in [3.05, 3.63) is 59.1 Å². The van der Waals surface area contributed by atoms with E-state index in [1.165, 1.54) is 0 Å². The van der Waals surface area contributed by atoms with Crippen molar-refractivity contribution in [2.45, 2.75) is 18.9 Å². The summed E-state index contributed by atoms with van der Waals surface area (Å²) in [6, 6.07) is 11.0. The van der Waals surface area contributed by atoms with E-state index in [0.29, 0.717) is 42.0 Å². The van der Waals surface area contributed by atoms with Crippen LogP contribution in [0.3, 0.4) is 0 Å². The van der Waals surface area contributed by atoms with Gasteiger partial charge in [0.2, 0.25) is 5.91 Å². The average Bonchev–Trinajstić information content (AvgIpc) is 3.28. The Bertz CT molecular complexity index is 860. The SMILES string of the molecule is O=C1CC(c2noc(-c3ccco3)n2)CN1Cc1cccc(Cl)c1. The van der Waals surface area contributed by atoms with Crippen molar-refractivity contribution in [2.75, 3.05) is 6.54 Å². The first kappa shape index (κ1) is 15.0. The van der Waals surface area contributed by atoms with Crippen molar-refractivity contribution < 1.29 is 13.7 Å². The predicted molar refractivity (Wildman–Crippen MR) is 86.2 cm³/mol. The molecule has 122 valence electrons. The second-order valence-electron chi connectivity index (χ2n) is 5.74. The fourth-order valence-electron chi connectivity index (χ4n) is 2.85. The number of rotatable bonds is 4. The molecule has 3 aromatic rings. The van der Waals surface area contributed by atoms with Gasteiger partial charge in [0.05, 0.1) is 6.26 Å². The van der Waals surface area contributed by atoms with Gasteiger partial charge in [-0.1, -0.05) is 28.9 Å². The zero-order valence-corrected chi connectivity index (χ0v) is 13.4. The molecule has 3 heterocycles. The van der Waals surface area contributed by atoms with Gasteiger partial charge >= 0.3 is 0 Å². The molecule has 0 N–H and O–H groups in total. The minimum absolute atomic E-state index is 0.0734. The molecule has 1 saturated heterocycles. The minimum atomic E-state index is -0.0795. The highest BCUT2D eigenvalue weighted by molar-refractivity contribution is 6.30. The Morgan fingerprint density at radius 2 is 2.21 bits per heavy atom. The molecule has 1 atom stereocenters. The molecule has 4 rings (SSSR count). The molecule has 0 spiro atoms. The van der Waals surface area contributed by atoms with Crippen LogP contribution in [0.5, 0.6) is 0 Å². The Morgan fingerprint density at radius 1 is 1.29 bits per heavy atom. The van der Waals surface area contributed by atoms with E-state index in [2.05, 4.69) is 10.1 Å². The van der Waals surface area contributed by atoms with Crippen LogP contribution in [-0.4, -0.2) is 27.5 Å². The molecule has 1 fully saturated rings. The fraction of sp³-hybridized carbons (Fsp3) is 0.235. The van der Waals surface area contributed by atoms with Crippen molar-refractivity contribution in [1.82, 2.24) is 15.0 Å². The topological polar surface area (TPSA) is 72.4 Å². The molecule has 0 bridgehead atoms. The van der Waals surface area contributed by atoms with Crippen LogP contribution in [0, 0.1) is 0 Å². The monoisotopic (exact) mass is 343 g/mol. The minimum Gasteiger partial charge on any atom is -0.459 e. The van der Waals surface area contributed by atoms with E-state index < -0.39 is 0 Å². The number of hydrogen-bond donors (Lipinski definition) is 0. The maximum absolute atomic E-state index is 12.3. The number of hydrogen-bond acceptors (Lipinski definition) is 5. The molecular weight excluding hydrogens is 330 g/mol. The number of benzene rings is 1. The number of amides is 1. The van der Waals surface area contributed by atoms with E-state index >= 15 is 0 Å². The van der Waals surface area contributed by atoms with Gasteiger partial charge in [-0.05, 0) is 29.8 Å². The van der Waals surface area contributed by atoms with Crippen LogP contribution < -0.4 is 0 Å². The molecule has 1 aliphatic heterocycles. The number of aromatic nitrogens is 2. The quantitative estimate of drug-likeness (QED) is 0.725. The third kappa shape index (κ3) is 2.92. The summed E-state index contributed by atoms with van der Waals surface area (Å²) < 4.78 is 10.5. The highest BCUT2D eigenvalue weighted by atomic mass is 35.5. The number of carbonyl (C=O) groups excluding carboxylic acids is 1. The normalized spacial score (nSPS) is 17.6. The van der Waals surface area contributed by atoms with Crippen LogP contribution in [0.15, 0.2) is 51.6 Å². The first-order valence-electron chi connectivity index (χ1n) is 7.59. The zero-order valence-electron chi connectivity index (χ0n) is 12.7. The maximum Gasteiger partial charge on any atom is 0.293 e. The molecule has 2 aromatic heterocycles. The smallest absolute Gasteiger partial charge is 0.293 e. The van der Waals surface area contributed by atoms with Gasteiger partial charge in [0.25, 0.3) is 5.89 Å². The second kappa shape index (κ2) is 6.13. The Balaban J connectivity index is 1.48. The highest BCUT2D eigenvalue weighted by Gasteiger charge is 2.34. The van der Waals surface area contributed by atoms with Gasteiger partial charge in [0.15, 0.2) is 11.6 Å². The zero-order chi connectivity index (χ0) is 16.5. The molecule has 7 heteroatoms. The predicted octanol–water partition coefficient (Wildman–Crippen LogP) is 3.50. The molecule has 0 saturated carbocycles. The van der Waals surface area contributed by atoms with E-state index in [1.54, 1.807) is 23.3 Å². The molecule has 0 radical (unpaired) electrons. The van der Waals surface area contributed by atoms with E-state index in [4.69, 9.17) is 20.5 Å². The van der Waals surface area contributed by atoms with Crippen LogP contribution in [-0.2, 0) is 11.3 Å². The van der Waals surface area contributed by atoms with E-state index in [-0.39, 0.29) is 11.8 Å². The summed E-state index contributed by atoms with van der Waals surface area (Å²) in [5.74, 6) is 1.38. The third-order valence-electron chi connectivity index (χ3n) is 4.02. The van der Waals surface area contributed by atoms with Gasteiger partial charge in [-0.3, -0.25) is 4.79 Å². The molecule has 6 nitrogen and oxygen atoms in total. The summed E-state index contributed by atoms with van der Waals surface area (Å²) >= 11 is 6.00. The fourth-order valence-corrected chi connectivity index (χ4v) is 3.07. The Hall–Kier alpha value is -2.60. The molecule has 1 amide bonds. The van der Waals surface area contributed by atoms with E-state index in [9.17, 15) is 4.79 Å². The molecule has 0 aliphatic carbocycles.